The van der Waals surface area contributed by atoms with Gasteiger partial charge >= 0.3 is 0 Å². The predicted molar refractivity (Wildman–Crippen MR) is 190 cm³/mol. The lowest BCUT2D eigenvalue weighted by atomic mass is 9.95. The first-order valence-corrected chi connectivity index (χ1v) is 15.4. The van der Waals surface area contributed by atoms with Crippen molar-refractivity contribution >= 4 is 75.9 Å². The van der Waals surface area contributed by atoms with Gasteiger partial charge in [0, 0.05) is 32.5 Å². The van der Waals surface area contributed by atoms with Crippen LogP contribution in [0.25, 0.3) is 98.3 Å². The third-order valence-electron chi connectivity index (χ3n) is 9.40. The summed E-state index contributed by atoms with van der Waals surface area (Å²) >= 11 is 0. The number of aromatic nitrogens is 1. The Hall–Kier alpha value is -5.99. The summed E-state index contributed by atoms with van der Waals surface area (Å²) in [7, 11) is 0. The molecule has 0 saturated heterocycles. The average Bonchev–Trinajstić information content (AvgIpc) is 3.49. The maximum absolute atomic E-state index is 6.73. The molecule has 208 valence electrons. The van der Waals surface area contributed by atoms with E-state index in [9.17, 15) is 0 Å². The summed E-state index contributed by atoms with van der Waals surface area (Å²) in [5.74, 6) is 0. The minimum atomic E-state index is 0.889. The van der Waals surface area contributed by atoms with Gasteiger partial charge in [0.15, 0.2) is 0 Å². The molecule has 0 fully saturated rings. The van der Waals surface area contributed by atoms with Gasteiger partial charge in [-0.2, -0.15) is 0 Å². The molecule has 0 N–H and O–H groups in total. The van der Waals surface area contributed by atoms with Gasteiger partial charge in [-0.15, -0.1) is 0 Å². The molecule has 0 aliphatic rings. The largest absolute Gasteiger partial charge is 0.455 e. The van der Waals surface area contributed by atoms with Gasteiger partial charge in [0.1, 0.15) is 11.2 Å². The fraction of sp³-hybridized carbons (Fsp3) is 0. The highest BCUT2D eigenvalue weighted by Crippen LogP contribution is 2.42. The Morgan fingerprint density at radius 1 is 0.378 bits per heavy atom. The smallest absolute Gasteiger partial charge is 0.144 e. The lowest BCUT2D eigenvalue weighted by Crippen LogP contribution is -1.90. The number of rotatable bonds is 2. The third kappa shape index (κ3) is 3.66. The summed E-state index contributed by atoms with van der Waals surface area (Å²) in [6.45, 7) is 0. The zero-order valence-corrected chi connectivity index (χ0v) is 24.3. The molecule has 0 radical (unpaired) electrons. The second-order valence-corrected chi connectivity index (χ2v) is 11.9. The lowest BCUT2D eigenvalue weighted by molar-refractivity contribution is 0.673. The molecule has 0 aliphatic carbocycles. The van der Waals surface area contributed by atoms with E-state index in [1.165, 1.54) is 43.4 Å². The minimum absolute atomic E-state index is 0.889. The number of pyridine rings is 1. The number of furan rings is 1. The van der Waals surface area contributed by atoms with Gasteiger partial charge in [-0.25, -0.2) is 4.98 Å². The molecule has 10 rings (SSSR count). The van der Waals surface area contributed by atoms with Crippen molar-refractivity contribution in [1.29, 1.82) is 0 Å². The van der Waals surface area contributed by atoms with Crippen molar-refractivity contribution in [2.45, 2.75) is 0 Å². The van der Waals surface area contributed by atoms with E-state index in [1.54, 1.807) is 0 Å². The second-order valence-electron chi connectivity index (χ2n) is 11.9. The molecule has 2 heteroatoms. The highest BCUT2D eigenvalue weighted by atomic mass is 16.3. The molecule has 0 spiro atoms. The van der Waals surface area contributed by atoms with Crippen LogP contribution < -0.4 is 0 Å². The SMILES string of the molecule is c1ccc2cc(-c3nc4ccccc4c4c3ccc3c5cc(-c6ccc7ccc8ccccc8c7c6)ccc5oc34)ccc2c1. The molecular weight excluding hydrogens is 546 g/mol. The van der Waals surface area contributed by atoms with Crippen LogP contribution in [0.4, 0.5) is 0 Å². The first kappa shape index (κ1) is 24.5. The molecule has 0 saturated carbocycles. The van der Waals surface area contributed by atoms with E-state index in [-0.39, 0.29) is 0 Å². The summed E-state index contributed by atoms with van der Waals surface area (Å²) in [5, 5.41) is 13.0. The Balaban J connectivity index is 1.22. The molecule has 2 heterocycles. The normalized spacial score (nSPS) is 12.0. The van der Waals surface area contributed by atoms with Crippen LogP contribution in [0, 0.1) is 0 Å². The van der Waals surface area contributed by atoms with E-state index in [0.717, 1.165) is 54.9 Å². The minimum Gasteiger partial charge on any atom is -0.455 e. The summed E-state index contributed by atoms with van der Waals surface area (Å²) < 4.78 is 6.73. The Morgan fingerprint density at radius 2 is 1.00 bits per heavy atom. The Kier molecular flexibility index (Phi) is 5.03. The predicted octanol–water partition coefficient (Wildman–Crippen LogP) is 12.1. The van der Waals surface area contributed by atoms with Crippen molar-refractivity contribution in [3.63, 3.8) is 0 Å². The number of para-hydroxylation sites is 1. The Labute approximate surface area is 258 Å². The van der Waals surface area contributed by atoms with Crippen LogP contribution in [-0.2, 0) is 0 Å². The lowest BCUT2D eigenvalue weighted by Gasteiger charge is -2.11. The highest BCUT2D eigenvalue weighted by molar-refractivity contribution is 6.25. The number of benzene rings is 8. The van der Waals surface area contributed by atoms with Crippen molar-refractivity contribution in [2.24, 2.45) is 0 Å². The van der Waals surface area contributed by atoms with E-state index in [2.05, 4.69) is 152 Å². The first-order valence-electron chi connectivity index (χ1n) is 15.4. The Bertz CT molecular complexity index is 2820. The first-order chi connectivity index (χ1) is 22.3. The van der Waals surface area contributed by atoms with Crippen LogP contribution in [0.15, 0.2) is 156 Å². The fourth-order valence-electron chi connectivity index (χ4n) is 7.19. The van der Waals surface area contributed by atoms with E-state index in [0.29, 0.717) is 0 Å². The monoisotopic (exact) mass is 571 g/mol. The molecule has 0 amide bonds. The molecule has 0 atom stereocenters. The molecule has 10 aromatic rings. The molecule has 45 heavy (non-hydrogen) atoms. The van der Waals surface area contributed by atoms with Crippen molar-refractivity contribution in [1.82, 2.24) is 4.98 Å². The quantitative estimate of drug-likeness (QED) is 0.193. The van der Waals surface area contributed by atoms with Crippen molar-refractivity contribution < 1.29 is 4.42 Å². The van der Waals surface area contributed by atoms with Gasteiger partial charge in [-0.05, 0) is 79.8 Å². The number of nitrogens with zero attached hydrogens (tertiary/aromatic N) is 1. The maximum atomic E-state index is 6.73. The summed E-state index contributed by atoms with van der Waals surface area (Å²) in [5.41, 5.74) is 7.21. The van der Waals surface area contributed by atoms with Crippen LogP contribution in [0.2, 0.25) is 0 Å². The van der Waals surface area contributed by atoms with Gasteiger partial charge < -0.3 is 4.42 Å². The van der Waals surface area contributed by atoms with Crippen molar-refractivity contribution in [2.75, 3.05) is 0 Å². The molecule has 2 aromatic heterocycles. The summed E-state index contributed by atoms with van der Waals surface area (Å²) in [6, 6.07) is 54.3. The molecule has 0 aliphatic heterocycles. The van der Waals surface area contributed by atoms with E-state index < -0.39 is 0 Å². The van der Waals surface area contributed by atoms with Crippen LogP contribution in [0.3, 0.4) is 0 Å². The third-order valence-corrected chi connectivity index (χ3v) is 9.40. The zero-order valence-electron chi connectivity index (χ0n) is 24.3. The average molecular weight is 572 g/mol. The fourth-order valence-corrected chi connectivity index (χ4v) is 7.19. The van der Waals surface area contributed by atoms with Gasteiger partial charge in [0.05, 0.1) is 11.2 Å². The topological polar surface area (TPSA) is 26.0 Å². The molecule has 0 bridgehead atoms. The van der Waals surface area contributed by atoms with E-state index >= 15 is 0 Å². The summed E-state index contributed by atoms with van der Waals surface area (Å²) in [4.78, 5) is 5.20. The van der Waals surface area contributed by atoms with E-state index in [1.807, 2.05) is 0 Å². The Morgan fingerprint density at radius 3 is 1.89 bits per heavy atom. The zero-order chi connectivity index (χ0) is 29.5. The van der Waals surface area contributed by atoms with Gasteiger partial charge in [0.25, 0.3) is 0 Å². The number of hydrogen-bond acceptors (Lipinski definition) is 2. The molecule has 0 unspecified atom stereocenters. The van der Waals surface area contributed by atoms with Crippen molar-refractivity contribution in [3.05, 3.63) is 152 Å². The molecule has 2 nitrogen and oxygen atoms in total. The standard InChI is InChI=1S/C43H25NO/c1-2-9-29-23-32(18-13-26(29)7-1)42-36-21-20-34-38-25-31(30-17-16-28-15-14-27-8-3-4-10-33(27)37(28)24-30)19-22-40(38)45-43(34)41(36)35-11-5-6-12-39(35)44-42/h1-25H. The highest BCUT2D eigenvalue weighted by Gasteiger charge is 2.18. The summed E-state index contributed by atoms with van der Waals surface area (Å²) in [6.07, 6.45) is 0. The molecule has 8 aromatic carbocycles. The number of fused-ring (bicyclic) bond motifs is 11. The van der Waals surface area contributed by atoms with Crippen LogP contribution >= 0.6 is 0 Å². The number of hydrogen-bond donors (Lipinski definition) is 0. The van der Waals surface area contributed by atoms with Crippen LogP contribution in [0.1, 0.15) is 0 Å². The second kappa shape index (κ2) is 9.25. The molecular formula is C43H25NO. The maximum Gasteiger partial charge on any atom is 0.144 e. The van der Waals surface area contributed by atoms with Crippen LogP contribution in [-0.4, -0.2) is 4.98 Å². The van der Waals surface area contributed by atoms with Crippen LogP contribution in [0.5, 0.6) is 0 Å². The van der Waals surface area contributed by atoms with E-state index in [4.69, 9.17) is 9.40 Å². The van der Waals surface area contributed by atoms with Crippen molar-refractivity contribution in [3.8, 4) is 22.4 Å². The van der Waals surface area contributed by atoms with Gasteiger partial charge in [-0.3, -0.25) is 0 Å². The van der Waals surface area contributed by atoms with Gasteiger partial charge in [0.2, 0.25) is 0 Å². The van der Waals surface area contributed by atoms with Gasteiger partial charge in [-0.1, -0.05) is 115 Å².